The number of hydrogen-bond acceptors (Lipinski definition) is 7. The number of rotatable bonds is 8. The molecule has 2 atom stereocenters. The molecule has 2 aliphatic rings. The van der Waals surface area contributed by atoms with E-state index in [0.29, 0.717) is 35.2 Å². The van der Waals surface area contributed by atoms with Crippen molar-refractivity contribution >= 4 is 5.91 Å². The molecule has 1 amide bonds. The molecule has 0 N–H and O–H groups in total. The summed E-state index contributed by atoms with van der Waals surface area (Å²) in [7, 11) is 1.63. The fraction of sp³-hybridized carbons (Fsp3) is 0.481. The molecule has 5 rings (SSSR count). The van der Waals surface area contributed by atoms with Gasteiger partial charge in [-0.15, -0.1) is 9.89 Å². The van der Waals surface area contributed by atoms with Crippen LogP contribution in [0.5, 0.6) is 5.75 Å². The normalized spacial score (nSPS) is 19.6. The van der Waals surface area contributed by atoms with E-state index < -0.39 is 0 Å². The second-order valence-corrected chi connectivity index (χ2v) is 9.80. The van der Waals surface area contributed by atoms with Crippen LogP contribution in [0.4, 0.5) is 0 Å². The molecule has 0 saturated carbocycles. The highest BCUT2D eigenvalue weighted by atomic mass is 16.5. The van der Waals surface area contributed by atoms with Crippen molar-refractivity contribution in [2.45, 2.75) is 58.2 Å². The third kappa shape index (κ3) is 4.85. The van der Waals surface area contributed by atoms with Crippen LogP contribution in [-0.4, -0.2) is 75.7 Å². The lowest BCUT2D eigenvalue weighted by molar-refractivity contribution is -0.118. The second kappa shape index (κ2) is 10.4. The molecule has 2 aromatic heterocycles. The van der Waals surface area contributed by atoms with Gasteiger partial charge in [-0.2, -0.15) is 0 Å². The summed E-state index contributed by atoms with van der Waals surface area (Å²) >= 11 is 0. The summed E-state index contributed by atoms with van der Waals surface area (Å²) in [5.41, 5.74) is 2.65. The maximum Gasteiger partial charge on any atom is 0.239 e. The minimum absolute atomic E-state index is 0.104. The number of fused-ring (bicyclic) bond motifs is 2. The molecular weight excluding hydrogens is 456 g/mol. The van der Waals surface area contributed by atoms with Crippen LogP contribution in [0.3, 0.4) is 0 Å². The van der Waals surface area contributed by atoms with Crippen LogP contribution >= 0.6 is 0 Å². The fourth-order valence-corrected chi connectivity index (χ4v) is 5.26. The first-order chi connectivity index (χ1) is 17.4. The van der Waals surface area contributed by atoms with Gasteiger partial charge in [0.25, 0.3) is 0 Å². The molecule has 190 valence electrons. The molecule has 36 heavy (non-hydrogen) atoms. The van der Waals surface area contributed by atoms with Gasteiger partial charge in [0.05, 0.1) is 26.4 Å². The number of amides is 1. The van der Waals surface area contributed by atoms with E-state index in [1.165, 1.54) is 25.3 Å². The molecule has 1 aromatic carbocycles. The summed E-state index contributed by atoms with van der Waals surface area (Å²) in [6, 6.07) is 12.7. The standard InChI is InChI=1S/C27H34N6O3/c1-18(2)32(19(3)34)33-27(21-6-5-7-24(14-21)35-4)29-26(30-33)25-11-8-20(15-28-25)12-13-31-22-9-10-23(31)17-36-16-22/h5-8,11,14-15,18,22-23H,9-10,12-13,16-17H2,1-4H3. The molecule has 4 heterocycles. The molecule has 0 radical (unpaired) electrons. The van der Waals surface area contributed by atoms with Gasteiger partial charge in [-0.1, -0.05) is 18.2 Å². The molecule has 0 spiro atoms. The molecule has 9 nitrogen and oxygen atoms in total. The Bertz CT molecular complexity index is 1190. The van der Waals surface area contributed by atoms with E-state index in [4.69, 9.17) is 19.6 Å². The van der Waals surface area contributed by atoms with Gasteiger partial charge in [-0.3, -0.25) is 14.7 Å². The maximum atomic E-state index is 12.5. The van der Waals surface area contributed by atoms with E-state index in [-0.39, 0.29) is 11.9 Å². The van der Waals surface area contributed by atoms with Crippen molar-refractivity contribution in [1.82, 2.24) is 24.8 Å². The van der Waals surface area contributed by atoms with Crippen LogP contribution in [-0.2, 0) is 16.0 Å². The lowest BCUT2D eigenvalue weighted by atomic mass is 10.1. The smallest absolute Gasteiger partial charge is 0.239 e. The summed E-state index contributed by atoms with van der Waals surface area (Å²) in [5.74, 6) is 1.61. The van der Waals surface area contributed by atoms with E-state index >= 15 is 0 Å². The number of ether oxygens (including phenoxy) is 2. The number of nitrogens with zero attached hydrogens (tertiary/aromatic N) is 6. The Labute approximate surface area is 212 Å². The van der Waals surface area contributed by atoms with Crippen LogP contribution < -0.4 is 9.75 Å². The summed E-state index contributed by atoms with van der Waals surface area (Å²) < 4.78 is 11.1. The lowest BCUT2D eigenvalue weighted by Gasteiger charge is -2.34. The zero-order valence-electron chi connectivity index (χ0n) is 21.4. The van der Waals surface area contributed by atoms with Crippen molar-refractivity contribution in [3.8, 4) is 28.7 Å². The summed E-state index contributed by atoms with van der Waals surface area (Å²) in [5, 5.41) is 6.31. The second-order valence-electron chi connectivity index (χ2n) is 9.80. The highest BCUT2D eigenvalue weighted by Crippen LogP contribution is 2.29. The Morgan fingerprint density at radius 1 is 1.19 bits per heavy atom. The van der Waals surface area contributed by atoms with Gasteiger partial charge in [-0.25, -0.2) is 9.99 Å². The minimum atomic E-state index is -0.119. The van der Waals surface area contributed by atoms with Gasteiger partial charge >= 0.3 is 0 Å². The summed E-state index contributed by atoms with van der Waals surface area (Å²) in [6.07, 6.45) is 5.33. The van der Waals surface area contributed by atoms with E-state index in [1.54, 1.807) is 16.9 Å². The minimum Gasteiger partial charge on any atom is -0.497 e. The molecule has 2 bridgehead atoms. The van der Waals surface area contributed by atoms with Crippen LogP contribution in [0.25, 0.3) is 22.9 Å². The third-order valence-corrected chi connectivity index (χ3v) is 7.04. The molecule has 3 aromatic rings. The molecule has 2 fully saturated rings. The molecule has 2 aliphatic heterocycles. The van der Waals surface area contributed by atoms with Gasteiger partial charge < -0.3 is 9.47 Å². The molecule has 0 aliphatic carbocycles. The largest absolute Gasteiger partial charge is 0.497 e. The van der Waals surface area contributed by atoms with Gasteiger partial charge in [-0.05, 0) is 56.9 Å². The number of hydrogen-bond donors (Lipinski definition) is 0. The Hall–Kier alpha value is -3.30. The SMILES string of the molecule is COc1cccc(-c2nc(-c3ccc(CCN4C5CCC4COC5)cn3)nn2N(C(C)=O)C(C)C)c1. The Morgan fingerprint density at radius 2 is 1.97 bits per heavy atom. The number of carbonyl (C=O) groups is 1. The Kier molecular flexibility index (Phi) is 7.02. The average Bonchev–Trinajstić information content (AvgIpc) is 3.39. The quantitative estimate of drug-likeness (QED) is 0.479. The van der Waals surface area contributed by atoms with E-state index in [9.17, 15) is 4.79 Å². The predicted molar refractivity (Wildman–Crippen MR) is 137 cm³/mol. The number of methoxy groups -OCH3 is 1. The van der Waals surface area contributed by atoms with Crippen LogP contribution in [0.1, 0.15) is 39.2 Å². The lowest BCUT2D eigenvalue weighted by Crippen LogP contribution is -2.46. The fourth-order valence-electron chi connectivity index (χ4n) is 5.26. The first-order valence-corrected chi connectivity index (χ1v) is 12.6. The van der Waals surface area contributed by atoms with Crippen molar-refractivity contribution in [2.24, 2.45) is 0 Å². The monoisotopic (exact) mass is 490 g/mol. The molecule has 9 heteroatoms. The number of morpholine rings is 1. The van der Waals surface area contributed by atoms with Crippen molar-refractivity contribution in [1.29, 1.82) is 0 Å². The van der Waals surface area contributed by atoms with Gasteiger partial charge in [0, 0.05) is 37.3 Å². The third-order valence-electron chi connectivity index (χ3n) is 7.04. The van der Waals surface area contributed by atoms with Crippen molar-refractivity contribution < 1.29 is 14.3 Å². The van der Waals surface area contributed by atoms with E-state index in [1.807, 2.05) is 50.4 Å². The summed E-state index contributed by atoms with van der Waals surface area (Å²) in [4.78, 5) is 26.2. The highest BCUT2D eigenvalue weighted by molar-refractivity contribution is 5.84. The molecule has 2 unspecified atom stereocenters. The van der Waals surface area contributed by atoms with E-state index in [2.05, 4.69) is 16.0 Å². The number of aromatic nitrogens is 4. The highest BCUT2D eigenvalue weighted by Gasteiger charge is 2.36. The first kappa shape index (κ1) is 24.4. The predicted octanol–water partition coefficient (Wildman–Crippen LogP) is 3.31. The van der Waals surface area contributed by atoms with Gasteiger partial charge in [0.1, 0.15) is 11.4 Å². The van der Waals surface area contributed by atoms with Crippen LogP contribution in [0.15, 0.2) is 42.6 Å². The Morgan fingerprint density at radius 3 is 2.61 bits per heavy atom. The first-order valence-electron chi connectivity index (χ1n) is 12.6. The van der Waals surface area contributed by atoms with Gasteiger partial charge in [0.15, 0.2) is 5.82 Å². The topological polar surface area (TPSA) is 85.6 Å². The maximum absolute atomic E-state index is 12.5. The molecule has 2 saturated heterocycles. The summed E-state index contributed by atoms with van der Waals surface area (Å²) in [6.45, 7) is 8.16. The zero-order valence-corrected chi connectivity index (χ0v) is 21.4. The number of carbonyl (C=O) groups excluding carboxylic acids is 1. The van der Waals surface area contributed by atoms with Crippen molar-refractivity contribution in [3.05, 3.63) is 48.2 Å². The van der Waals surface area contributed by atoms with Crippen LogP contribution in [0, 0.1) is 0 Å². The van der Waals surface area contributed by atoms with Gasteiger partial charge in [0.2, 0.25) is 11.7 Å². The van der Waals surface area contributed by atoms with E-state index in [0.717, 1.165) is 31.7 Å². The Balaban J connectivity index is 1.41. The number of benzene rings is 1. The molecular formula is C27H34N6O3. The van der Waals surface area contributed by atoms with Crippen molar-refractivity contribution in [2.75, 3.05) is 31.9 Å². The average molecular weight is 491 g/mol. The number of pyridine rings is 1. The van der Waals surface area contributed by atoms with Crippen LogP contribution in [0.2, 0.25) is 0 Å². The zero-order chi connectivity index (χ0) is 25.2. The van der Waals surface area contributed by atoms with Crippen molar-refractivity contribution in [3.63, 3.8) is 0 Å².